The molecule has 78 heavy (non-hydrogen) atoms. The molecule has 424 valence electrons. The van der Waals surface area contributed by atoms with Gasteiger partial charge in [-0.05, 0) is 124 Å². The molecule has 0 bridgehead atoms. The lowest BCUT2D eigenvalue weighted by atomic mass is 9.63. The Labute approximate surface area is 438 Å². The number of aliphatic hydroxyl groups is 2. The lowest BCUT2D eigenvalue weighted by Gasteiger charge is -2.48. The molecule has 1 aliphatic carbocycles. The first-order valence-corrected chi connectivity index (χ1v) is 24.7. The van der Waals surface area contributed by atoms with Crippen LogP contribution in [0.1, 0.15) is 122 Å². The zero-order valence-corrected chi connectivity index (χ0v) is 42.1. The van der Waals surface area contributed by atoms with Gasteiger partial charge in [-0.15, -0.1) is 0 Å². The standard InChI is InChI=1S/C27H29F6N3O3.C26H28F6N4O3/c1-18(19-13-21(26(28,29)30)15-22(14-19)27(31,32)33)39-16-24(20-5-3-2-4-6-20)7-9-25(10-8-24,11-12-37)36-17-34-35-23(36)38;1-17(18-11-20(25(27,28)29)13-21(12-18)26(30,31)32)39-15-24(19-5-3-2-4-6-19)8-7-23(9-10-37,14-33-24)36-16-34-35-22(36)38/h2-6,13-15,17-18,37H,7-12,16H2,1H3,(H,35,38);2-6,11-13,16-17,33,37H,7-10,14-15H2,1H3,(H,35,38)/t18-,24?,25?;17-,23-,24-/m11/s1. The van der Waals surface area contributed by atoms with E-state index in [1.54, 1.807) is 12.1 Å². The minimum atomic E-state index is -4.97. The van der Waals surface area contributed by atoms with Crippen LogP contribution in [-0.4, -0.2) is 72.7 Å². The number of alkyl halides is 12. The molecular formula is C53H57F12N7O6. The van der Waals surface area contributed by atoms with Gasteiger partial charge in [0, 0.05) is 25.2 Å². The van der Waals surface area contributed by atoms with E-state index in [9.17, 15) is 72.5 Å². The zero-order chi connectivity index (χ0) is 57.0. The number of aromatic amines is 2. The zero-order valence-electron chi connectivity index (χ0n) is 42.1. The number of hydrogen-bond donors (Lipinski definition) is 5. The van der Waals surface area contributed by atoms with Gasteiger partial charge >= 0.3 is 36.1 Å². The molecule has 1 saturated carbocycles. The van der Waals surface area contributed by atoms with Crippen LogP contribution in [0.15, 0.2) is 119 Å². The number of ether oxygens (including phenoxy) is 2. The molecule has 0 amide bonds. The molecule has 8 rings (SSSR count). The van der Waals surface area contributed by atoms with Crippen LogP contribution in [0.5, 0.6) is 0 Å². The number of rotatable bonds is 16. The second-order valence-electron chi connectivity index (χ2n) is 20.0. The summed E-state index contributed by atoms with van der Waals surface area (Å²) in [6.45, 7) is 2.66. The van der Waals surface area contributed by atoms with Gasteiger partial charge in [-0.25, -0.2) is 19.8 Å². The molecule has 6 aromatic rings. The largest absolute Gasteiger partial charge is 0.416 e. The lowest BCUT2D eigenvalue weighted by molar-refractivity contribution is -0.145. The fourth-order valence-corrected chi connectivity index (χ4v) is 10.6. The minimum absolute atomic E-state index is 0.0330. The molecule has 25 heteroatoms. The highest BCUT2D eigenvalue weighted by Gasteiger charge is 2.48. The molecule has 2 fully saturated rings. The number of aromatic nitrogens is 6. The SMILES string of the molecule is C[C@@H](OCC1(c2ccccc2)CCC(CCO)(n2cn[nH]c2=O)CC1)c1cc(C(F)(F)F)cc(C(F)(F)F)c1.C[C@@H](OC[C@@]1(c2ccccc2)CC[C@](CCO)(n2cn[nH]c2=O)CN1)c1cc(C(F)(F)F)cc(C(F)(F)F)c1. The summed E-state index contributed by atoms with van der Waals surface area (Å²) in [5, 5.41) is 35.2. The van der Waals surface area contributed by atoms with E-state index in [0.29, 0.717) is 69.2 Å². The highest BCUT2D eigenvalue weighted by Crippen LogP contribution is 2.49. The summed E-state index contributed by atoms with van der Waals surface area (Å²) in [6.07, 6.45) is -15.9. The van der Waals surface area contributed by atoms with Crippen LogP contribution >= 0.6 is 0 Å². The van der Waals surface area contributed by atoms with E-state index < -0.39 is 92.6 Å². The Balaban J connectivity index is 0.000000226. The number of nitrogens with zero attached hydrogens (tertiary/aromatic N) is 4. The molecule has 1 aliphatic heterocycles. The second-order valence-corrected chi connectivity index (χ2v) is 20.0. The van der Waals surface area contributed by atoms with Gasteiger partial charge in [-0.1, -0.05) is 60.7 Å². The van der Waals surface area contributed by atoms with Gasteiger partial charge in [0.25, 0.3) is 0 Å². The van der Waals surface area contributed by atoms with E-state index in [4.69, 9.17) is 9.47 Å². The van der Waals surface area contributed by atoms with Crippen molar-refractivity contribution in [3.05, 3.63) is 175 Å². The molecule has 0 radical (unpaired) electrons. The van der Waals surface area contributed by atoms with E-state index in [1.807, 2.05) is 48.5 Å². The van der Waals surface area contributed by atoms with E-state index in [0.717, 1.165) is 11.1 Å². The Bertz CT molecular complexity index is 2760. The van der Waals surface area contributed by atoms with Crippen molar-refractivity contribution in [1.82, 2.24) is 34.8 Å². The van der Waals surface area contributed by atoms with Crippen molar-refractivity contribution in [2.75, 3.05) is 33.0 Å². The number of H-pyrrole nitrogens is 2. The first-order valence-electron chi connectivity index (χ1n) is 24.7. The van der Waals surface area contributed by atoms with Crippen molar-refractivity contribution < 1.29 is 72.4 Å². The number of nitrogens with one attached hydrogen (secondary N) is 3. The van der Waals surface area contributed by atoms with Crippen LogP contribution in [0.4, 0.5) is 52.7 Å². The molecular weight excluding hydrogens is 1060 g/mol. The van der Waals surface area contributed by atoms with Crippen molar-refractivity contribution in [2.45, 2.75) is 124 Å². The van der Waals surface area contributed by atoms with Crippen molar-refractivity contribution in [3.63, 3.8) is 0 Å². The molecule has 4 atom stereocenters. The summed E-state index contributed by atoms with van der Waals surface area (Å²) >= 11 is 0. The maximum atomic E-state index is 13.4. The summed E-state index contributed by atoms with van der Waals surface area (Å²) in [5.74, 6) is 0. The Hall–Kier alpha value is -6.28. The fraction of sp³-hybridized carbons (Fsp3) is 0.472. The predicted octanol–water partition coefficient (Wildman–Crippen LogP) is 10.7. The summed E-state index contributed by atoms with van der Waals surface area (Å²) < 4.78 is 175. The monoisotopic (exact) mass is 1120 g/mol. The van der Waals surface area contributed by atoms with Crippen molar-refractivity contribution >= 4 is 0 Å². The second kappa shape index (κ2) is 23.2. The van der Waals surface area contributed by atoms with Gasteiger partial charge in [0.05, 0.1) is 64.3 Å². The number of aliphatic hydroxyl groups excluding tert-OH is 2. The van der Waals surface area contributed by atoms with E-state index in [1.165, 1.54) is 35.6 Å². The smallest absolute Gasteiger partial charge is 0.396 e. The number of benzene rings is 4. The normalized spacial score (nSPS) is 23.1. The van der Waals surface area contributed by atoms with E-state index in [2.05, 4.69) is 25.7 Å². The van der Waals surface area contributed by atoms with Gasteiger partial charge in [0.2, 0.25) is 0 Å². The van der Waals surface area contributed by atoms with Gasteiger partial charge in [-0.3, -0.25) is 9.13 Å². The van der Waals surface area contributed by atoms with Crippen LogP contribution < -0.4 is 16.7 Å². The van der Waals surface area contributed by atoms with Crippen LogP contribution in [0.25, 0.3) is 0 Å². The predicted molar refractivity (Wildman–Crippen MR) is 259 cm³/mol. The van der Waals surface area contributed by atoms with Crippen molar-refractivity contribution in [2.24, 2.45) is 0 Å². The summed E-state index contributed by atoms with van der Waals surface area (Å²) in [7, 11) is 0. The van der Waals surface area contributed by atoms with Crippen LogP contribution in [0.3, 0.4) is 0 Å². The fourth-order valence-electron chi connectivity index (χ4n) is 10.6. The molecule has 0 unspecified atom stereocenters. The van der Waals surface area contributed by atoms with Gasteiger partial charge in [-0.2, -0.15) is 62.9 Å². The van der Waals surface area contributed by atoms with Crippen LogP contribution in [-0.2, 0) is 56.2 Å². The maximum Gasteiger partial charge on any atom is 0.416 e. The Morgan fingerprint density at radius 3 is 1.29 bits per heavy atom. The summed E-state index contributed by atoms with van der Waals surface area (Å²) in [6, 6.07) is 21.4. The van der Waals surface area contributed by atoms with Gasteiger partial charge < -0.3 is 25.0 Å². The topological polar surface area (TPSA) is 172 Å². The summed E-state index contributed by atoms with van der Waals surface area (Å²) in [4.78, 5) is 24.7. The Kier molecular flexibility index (Phi) is 17.7. The van der Waals surface area contributed by atoms with Crippen LogP contribution in [0, 0.1) is 0 Å². The molecule has 13 nitrogen and oxygen atoms in total. The average Bonchev–Trinajstić information content (AvgIpc) is 4.09. The van der Waals surface area contributed by atoms with Gasteiger partial charge in [0.15, 0.2) is 0 Å². The molecule has 0 spiro atoms. The highest BCUT2D eigenvalue weighted by atomic mass is 19.4. The molecule has 1 saturated heterocycles. The molecule has 3 heterocycles. The Morgan fingerprint density at radius 2 is 0.923 bits per heavy atom. The number of hydrogen-bond acceptors (Lipinski definition) is 9. The summed E-state index contributed by atoms with van der Waals surface area (Å²) in [5.41, 5.74) is -8.17. The molecule has 2 aromatic heterocycles. The third-order valence-electron chi connectivity index (χ3n) is 15.3. The van der Waals surface area contributed by atoms with Crippen LogP contribution in [0.2, 0.25) is 0 Å². The number of piperidine rings is 1. The van der Waals surface area contributed by atoms with E-state index >= 15 is 0 Å². The first kappa shape index (κ1) is 59.4. The lowest BCUT2D eigenvalue weighted by Crippen LogP contribution is -2.60. The molecule has 5 N–H and O–H groups in total. The number of halogens is 12. The van der Waals surface area contributed by atoms with Crippen molar-refractivity contribution in [3.8, 4) is 0 Å². The highest BCUT2D eigenvalue weighted by molar-refractivity contribution is 5.36. The third-order valence-corrected chi connectivity index (χ3v) is 15.3. The van der Waals surface area contributed by atoms with Crippen molar-refractivity contribution in [1.29, 1.82) is 0 Å². The van der Waals surface area contributed by atoms with E-state index in [-0.39, 0.29) is 62.7 Å². The molecule has 2 aliphatic rings. The maximum absolute atomic E-state index is 13.4. The first-order chi connectivity index (χ1) is 36.6. The van der Waals surface area contributed by atoms with Gasteiger partial charge in [0.1, 0.15) is 12.7 Å². The minimum Gasteiger partial charge on any atom is -0.396 e. The average molecular weight is 1120 g/mol. The Morgan fingerprint density at radius 1 is 0.538 bits per heavy atom. The quantitative estimate of drug-likeness (QED) is 0.0592. The third kappa shape index (κ3) is 13.2. The molecule has 4 aromatic carbocycles.